The summed E-state index contributed by atoms with van der Waals surface area (Å²) in [5.41, 5.74) is 6.93. The van der Waals surface area contributed by atoms with Gasteiger partial charge in [-0.3, -0.25) is 4.79 Å². The highest BCUT2D eigenvalue weighted by atomic mass is 16.5. The fourth-order valence-corrected chi connectivity index (χ4v) is 2.29. The lowest BCUT2D eigenvalue weighted by Crippen LogP contribution is -2.36. The molecule has 1 aliphatic rings. The van der Waals surface area contributed by atoms with Gasteiger partial charge in [-0.25, -0.2) is 0 Å². The molecule has 19 heavy (non-hydrogen) atoms. The summed E-state index contributed by atoms with van der Waals surface area (Å²) < 4.78 is 5.16. The Morgan fingerprint density at radius 1 is 1.47 bits per heavy atom. The lowest BCUT2D eigenvalue weighted by molar-refractivity contribution is -0.129. The molecule has 0 aromatic heterocycles. The molecule has 104 valence electrons. The number of nitrogens with two attached hydrogens (primary N) is 1. The van der Waals surface area contributed by atoms with Crippen LogP contribution in [-0.4, -0.2) is 38.1 Å². The number of carbonyl (C=O) groups excluding carboxylic acids is 1. The minimum atomic E-state index is 0.132. The van der Waals surface area contributed by atoms with E-state index in [1.807, 2.05) is 31.3 Å². The fourth-order valence-electron chi connectivity index (χ4n) is 2.29. The van der Waals surface area contributed by atoms with Gasteiger partial charge in [-0.15, -0.1) is 0 Å². The van der Waals surface area contributed by atoms with Crippen LogP contribution in [0.1, 0.15) is 18.4 Å². The highest BCUT2D eigenvalue weighted by Gasteiger charge is 2.42. The Labute approximate surface area is 114 Å². The largest absolute Gasteiger partial charge is 0.497 e. The number of hydrogen-bond acceptors (Lipinski definition) is 3. The van der Waals surface area contributed by atoms with Crippen molar-refractivity contribution in [2.24, 2.45) is 11.1 Å². The quantitative estimate of drug-likeness (QED) is 0.844. The minimum absolute atomic E-state index is 0.132. The molecule has 0 saturated heterocycles. The second kappa shape index (κ2) is 5.61. The standard InChI is InChI=1S/C15H22N2O2/c1-17(11-15(10-16)6-7-15)14(18)9-12-4-3-5-13(8-12)19-2/h3-5,8H,6-7,9-11,16H2,1-2H3. The first-order valence-corrected chi connectivity index (χ1v) is 6.65. The molecule has 1 saturated carbocycles. The van der Waals surface area contributed by atoms with Gasteiger partial charge in [-0.1, -0.05) is 12.1 Å². The maximum absolute atomic E-state index is 12.2. The van der Waals surface area contributed by atoms with Gasteiger partial charge in [0.15, 0.2) is 0 Å². The molecule has 1 aromatic rings. The van der Waals surface area contributed by atoms with Crippen LogP contribution in [0.25, 0.3) is 0 Å². The van der Waals surface area contributed by atoms with Crippen molar-refractivity contribution in [3.8, 4) is 5.75 Å². The molecule has 1 amide bonds. The number of rotatable bonds is 6. The summed E-state index contributed by atoms with van der Waals surface area (Å²) >= 11 is 0. The zero-order valence-electron chi connectivity index (χ0n) is 11.7. The zero-order valence-corrected chi connectivity index (χ0v) is 11.7. The van der Waals surface area contributed by atoms with Crippen LogP contribution >= 0.6 is 0 Å². The summed E-state index contributed by atoms with van der Waals surface area (Å²) in [5.74, 6) is 0.918. The lowest BCUT2D eigenvalue weighted by Gasteiger charge is -2.23. The Morgan fingerprint density at radius 2 is 2.21 bits per heavy atom. The van der Waals surface area contributed by atoms with Gasteiger partial charge in [0.1, 0.15) is 5.75 Å². The molecule has 4 nitrogen and oxygen atoms in total. The average molecular weight is 262 g/mol. The zero-order chi connectivity index (χ0) is 13.9. The first-order valence-electron chi connectivity index (χ1n) is 6.65. The summed E-state index contributed by atoms with van der Waals surface area (Å²) in [6.45, 7) is 1.44. The highest BCUT2D eigenvalue weighted by molar-refractivity contribution is 5.78. The number of hydrogen-bond donors (Lipinski definition) is 1. The van der Waals surface area contributed by atoms with Gasteiger partial charge in [0, 0.05) is 19.0 Å². The van der Waals surface area contributed by atoms with Crippen LogP contribution in [-0.2, 0) is 11.2 Å². The monoisotopic (exact) mass is 262 g/mol. The van der Waals surface area contributed by atoms with Crippen LogP contribution in [0.15, 0.2) is 24.3 Å². The molecule has 2 N–H and O–H groups in total. The third-order valence-electron chi connectivity index (χ3n) is 3.88. The third-order valence-corrected chi connectivity index (χ3v) is 3.88. The van der Waals surface area contributed by atoms with Crippen molar-refractivity contribution in [2.45, 2.75) is 19.3 Å². The number of nitrogens with zero attached hydrogens (tertiary/aromatic N) is 1. The molecule has 0 heterocycles. The lowest BCUT2D eigenvalue weighted by atomic mass is 10.1. The van der Waals surface area contributed by atoms with E-state index in [9.17, 15) is 4.79 Å². The maximum atomic E-state index is 12.2. The molecule has 4 heteroatoms. The first kappa shape index (κ1) is 13.9. The first-order chi connectivity index (χ1) is 9.08. The molecule has 0 unspecified atom stereocenters. The van der Waals surface area contributed by atoms with E-state index in [0.29, 0.717) is 13.0 Å². The van der Waals surface area contributed by atoms with Crippen LogP contribution in [0.5, 0.6) is 5.75 Å². The Balaban J connectivity index is 1.92. The number of ether oxygens (including phenoxy) is 1. The van der Waals surface area contributed by atoms with Crippen LogP contribution in [0.3, 0.4) is 0 Å². The molecule has 0 bridgehead atoms. The normalized spacial score (nSPS) is 15.9. The van der Waals surface area contributed by atoms with Crippen molar-refractivity contribution in [3.05, 3.63) is 29.8 Å². The van der Waals surface area contributed by atoms with Gasteiger partial charge in [-0.05, 0) is 37.1 Å². The van der Waals surface area contributed by atoms with E-state index in [2.05, 4.69) is 0 Å². The Hall–Kier alpha value is -1.55. The molecule has 2 rings (SSSR count). The van der Waals surface area contributed by atoms with Gasteiger partial charge >= 0.3 is 0 Å². The van der Waals surface area contributed by atoms with Crippen LogP contribution < -0.4 is 10.5 Å². The van der Waals surface area contributed by atoms with E-state index in [1.54, 1.807) is 12.0 Å². The molecule has 1 aromatic carbocycles. The summed E-state index contributed by atoms with van der Waals surface area (Å²) in [4.78, 5) is 14.0. The van der Waals surface area contributed by atoms with Gasteiger partial charge in [0.05, 0.1) is 13.5 Å². The molecule has 0 spiro atoms. The minimum Gasteiger partial charge on any atom is -0.497 e. The third kappa shape index (κ3) is 3.47. The molecule has 0 radical (unpaired) electrons. The Bertz CT molecular complexity index is 455. The molecule has 1 aliphatic carbocycles. The average Bonchev–Trinajstić information content (AvgIpc) is 3.19. The van der Waals surface area contributed by atoms with E-state index in [1.165, 1.54) is 0 Å². The van der Waals surface area contributed by atoms with E-state index in [4.69, 9.17) is 10.5 Å². The van der Waals surface area contributed by atoms with Gasteiger partial charge in [0.25, 0.3) is 0 Å². The van der Waals surface area contributed by atoms with Crippen LogP contribution in [0, 0.1) is 5.41 Å². The maximum Gasteiger partial charge on any atom is 0.226 e. The summed E-state index contributed by atoms with van der Waals surface area (Å²) in [6, 6.07) is 7.64. The Morgan fingerprint density at radius 3 is 2.79 bits per heavy atom. The SMILES string of the molecule is COc1cccc(CC(=O)N(C)CC2(CN)CC2)c1. The van der Waals surface area contributed by atoms with Crippen molar-refractivity contribution >= 4 is 5.91 Å². The summed E-state index contributed by atoms with van der Waals surface area (Å²) in [5, 5.41) is 0. The number of carbonyl (C=O) groups is 1. The van der Waals surface area contributed by atoms with Gasteiger partial charge < -0.3 is 15.4 Å². The molecular weight excluding hydrogens is 240 g/mol. The number of likely N-dealkylation sites (N-methyl/N-ethyl adjacent to an activating group) is 1. The fraction of sp³-hybridized carbons (Fsp3) is 0.533. The Kier molecular flexibility index (Phi) is 4.10. The van der Waals surface area contributed by atoms with Crippen molar-refractivity contribution in [1.29, 1.82) is 0 Å². The highest BCUT2D eigenvalue weighted by Crippen LogP contribution is 2.44. The second-order valence-electron chi connectivity index (χ2n) is 5.48. The van der Waals surface area contributed by atoms with E-state index >= 15 is 0 Å². The van der Waals surface area contributed by atoms with Crippen molar-refractivity contribution in [3.63, 3.8) is 0 Å². The van der Waals surface area contributed by atoms with E-state index < -0.39 is 0 Å². The predicted molar refractivity (Wildman–Crippen MR) is 75.1 cm³/mol. The molecular formula is C15H22N2O2. The predicted octanol–water partition coefficient (Wildman–Crippen LogP) is 1.43. The number of benzene rings is 1. The molecule has 1 fully saturated rings. The van der Waals surface area contributed by atoms with E-state index in [0.717, 1.165) is 30.7 Å². The smallest absolute Gasteiger partial charge is 0.226 e. The molecule has 0 atom stereocenters. The van der Waals surface area contributed by atoms with E-state index in [-0.39, 0.29) is 11.3 Å². The van der Waals surface area contributed by atoms with Crippen LogP contribution in [0.4, 0.5) is 0 Å². The number of methoxy groups -OCH3 is 1. The van der Waals surface area contributed by atoms with Gasteiger partial charge in [0.2, 0.25) is 5.91 Å². The van der Waals surface area contributed by atoms with Crippen molar-refractivity contribution in [1.82, 2.24) is 4.90 Å². The van der Waals surface area contributed by atoms with Crippen LogP contribution in [0.2, 0.25) is 0 Å². The second-order valence-corrected chi connectivity index (χ2v) is 5.48. The van der Waals surface area contributed by atoms with Crippen molar-refractivity contribution in [2.75, 3.05) is 27.2 Å². The molecule has 0 aliphatic heterocycles. The summed E-state index contributed by atoms with van der Waals surface area (Å²) in [7, 11) is 3.49. The van der Waals surface area contributed by atoms with Gasteiger partial charge in [-0.2, -0.15) is 0 Å². The topological polar surface area (TPSA) is 55.6 Å². The number of amides is 1. The van der Waals surface area contributed by atoms with Crippen molar-refractivity contribution < 1.29 is 9.53 Å². The summed E-state index contributed by atoms with van der Waals surface area (Å²) in [6.07, 6.45) is 2.69.